The van der Waals surface area contributed by atoms with Crippen LogP contribution in [0.4, 0.5) is 13.2 Å². The van der Waals surface area contributed by atoms with Crippen LogP contribution >= 0.6 is 0 Å². The van der Waals surface area contributed by atoms with Crippen LogP contribution in [0.3, 0.4) is 0 Å². The number of amides is 1. The second kappa shape index (κ2) is 10.9. The van der Waals surface area contributed by atoms with E-state index in [1.807, 2.05) is 0 Å². The van der Waals surface area contributed by atoms with Gasteiger partial charge in [-0.3, -0.25) is 4.79 Å². The molecule has 1 aliphatic carbocycles. The number of rotatable bonds is 8. The average Bonchev–Trinajstić information content (AvgIpc) is 2.84. The number of halogens is 3. The van der Waals surface area contributed by atoms with Crippen LogP contribution < -0.4 is 20.5 Å². The lowest BCUT2D eigenvalue weighted by molar-refractivity contribution is 0.0936. The number of methoxy groups -OCH3 is 1. The van der Waals surface area contributed by atoms with Crippen molar-refractivity contribution < 1.29 is 32.6 Å². The van der Waals surface area contributed by atoms with Crippen LogP contribution in [0.5, 0.6) is 11.5 Å². The van der Waals surface area contributed by atoms with Crippen molar-refractivity contribution in [2.24, 2.45) is 22.7 Å². The number of carbonyl (C=O) groups is 1. The van der Waals surface area contributed by atoms with Gasteiger partial charge in [-0.25, -0.2) is 8.78 Å². The number of benzene rings is 2. The Bertz CT molecular complexity index is 1010. The van der Waals surface area contributed by atoms with E-state index in [2.05, 4.69) is 10.5 Å². The van der Waals surface area contributed by atoms with E-state index in [1.165, 1.54) is 7.11 Å². The van der Waals surface area contributed by atoms with Gasteiger partial charge in [-0.15, -0.1) is 0 Å². The highest BCUT2D eigenvalue weighted by atomic mass is 19.2. The number of nitrogens with two attached hydrogens (primary N) is 1. The molecule has 0 aliphatic heterocycles. The molecule has 0 saturated heterocycles. The van der Waals surface area contributed by atoms with Crippen molar-refractivity contribution in [3.63, 3.8) is 0 Å². The smallest absolute Gasteiger partial charge is 0.254 e. The first kappa shape index (κ1) is 24.2. The Morgan fingerprint density at radius 3 is 2.42 bits per heavy atom. The SMILES string of the molecule is COc1ccc(COc2c(F)cc(C(=O)NCC3CCC(/C(N)=N/O)CC3)c(F)c2F)cc1. The predicted molar refractivity (Wildman–Crippen MR) is 115 cm³/mol. The van der Waals surface area contributed by atoms with E-state index in [0.717, 1.165) is 0 Å². The molecule has 33 heavy (non-hydrogen) atoms. The lowest BCUT2D eigenvalue weighted by Crippen LogP contribution is -2.34. The first-order valence-electron chi connectivity index (χ1n) is 10.5. The summed E-state index contributed by atoms with van der Waals surface area (Å²) in [5.74, 6) is -5.15. The summed E-state index contributed by atoms with van der Waals surface area (Å²) in [6.45, 7) is 0.0249. The highest BCUT2D eigenvalue weighted by Gasteiger charge is 2.27. The maximum atomic E-state index is 14.5. The summed E-state index contributed by atoms with van der Waals surface area (Å²) in [5.41, 5.74) is 5.48. The molecule has 10 heteroatoms. The van der Waals surface area contributed by atoms with E-state index < -0.39 is 34.7 Å². The molecule has 4 N–H and O–H groups in total. The molecule has 0 spiro atoms. The van der Waals surface area contributed by atoms with Crippen LogP contribution in [-0.2, 0) is 6.61 Å². The van der Waals surface area contributed by atoms with E-state index in [4.69, 9.17) is 20.4 Å². The number of amidine groups is 1. The fourth-order valence-corrected chi connectivity index (χ4v) is 3.83. The third-order valence-corrected chi connectivity index (χ3v) is 5.84. The molecule has 1 fully saturated rings. The number of hydrogen-bond acceptors (Lipinski definition) is 5. The Balaban J connectivity index is 1.60. The van der Waals surface area contributed by atoms with E-state index >= 15 is 0 Å². The van der Waals surface area contributed by atoms with Crippen molar-refractivity contribution in [3.8, 4) is 11.5 Å². The normalized spacial score (nSPS) is 18.6. The van der Waals surface area contributed by atoms with Gasteiger partial charge >= 0.3 is 0 Å². The topological polar surface area (TPSA) is 106 Å². The second-order valence-corrected chi connectivity index (χ2v) is 7.95. The van der Waals surface area contributed by atoms with E-state index in [-0.39, 0.29) is 30.8 Å². The molecule has 1 aliphatic rings. The van der Waals surface area contributed by atoms with Crippen LogP contribution in [0.2, 0.25) is 0 Å². The van der Waals surface area contributed by atoms with Crippen molar-refractivity contribution in [3.05, 3.63) is 58.9 Å². The third kappa shape index (κ3) is 5.88. The van der Waals surface area contributed by atoms with Crippen molar-refractivity contribution in [2.45, 2.75) is 32.3 Å². The maximum Gasteiger partial charge on any atom is 0.254 e. The van der Waals surface area contributed by atoms with E-state index in [0.29, 0.717) is 43.1 Å². The minimum Gasteiger partial charge on any atom is -0.497 e. The molecule has 0 unspecified atom stereocenters. The summed E-state index contributed by atoms with van der Waals surface area (Å²) in [5, 5.41) is 14.3. The zero-order valence-electron chi connectivity index (χ0n) is 18.1. The Labute approximate surface area is 189 Å². The summed E-state index contributed by atoms with van der Waals surface area (Å²) in [6.07, 6.45) is 2.80. The minimum atomic E-state index is -1.56. The maximum absolute atomic E-state index is 14.5. The molecule has 178 valence electrons. The number of ether oxygens (including phenoxy) is 2. The van der Waals surface area contributed by atoms with Gasteiger partial charge in [0.15, 0.2) is 17.4 Å². The highest BCUT2D eigenvalue weighted by Crippen LogP contribution is 2.30. The number of nitrogens with zero attached hydrogens (tertiary/aromatic N) is 1. The standard InChI is InChI=1S/C23H26F3N3O4/c1-32-16-8-4-14(5-9-16)12-33-21-18(24)10-17(19(25)20(21)26)23(30)28-11-13-2-6-15(7-3-13)22(27)29-31/h4-5,8-10,13,15,31H,2-3,6-7,11-12H2,1H3,(H2,27,29)(H,28,30). The van der Waals surface area contributed by atoms with Crippen molar-refractivity contribution in [1.82, 2.24) is 5.32 Å². The molecule has 0 bridgehead atoms. The number of nitrogens with one attached hydrogen (secondary N) is 1. The number of carbonyl (C=O) groups excluding carboxylic acids is 1. The summed E-state index contributed by atoms with van der Waals surface area (Å²) < 4.78 is 53.6. The first-order valence-corrected chi connectivity index (χ1v) is 10.5. The van der Waals surface area contributed by atoms with E-state index in [1.54, 1.807) is 24.3 Å². The third-order valence-electron chi connectivity index (χ3n) is 5.84. The Morgan fingerprint density at radius 2 is 1.82 bits per heavy atom. The lowest BCUT2D eigenvalue weighted by Gasteiger charge is -2.27. The first-order chi connectivity index (χ1) is 15.8. The molecule has 2 aromatic rings. The van der Waals surface area contributed by atoms with Crippen molar-refractivity contribution in [2.75, 3.05) is 13.7 Å². The summed E-state index contributed by atoms with van der Waals surface area (Å²) >= 11 is 0. The minimum absolute atomic E-state index is 0.0203. The van der Waals surface area contributed by atoms with Gasteiger partial charge in [0.25, 0.3) is 5.91 Å². The molecular weight excluding hydrogens is 439 g/mol. The monoisotopic (exact) mass is 465 g/mol. The highest BCUT2D eigenvalue weighted by molar-refractivity contribution is 5.94. The van der Waals surface area contributed by atoms with Crippen molar-refractivity contribution in [1.29, 1.82) is 0 Å². The van der Waals surface area contributed by atoms with E-state index in [9.17, 15) is 18.0 Å². The van der Waals surface area contributed by atoms with Gasteiger partial charge in [0, 0.05) is 12.5 Å². The van der Waals surface area contributed by atoms with Crippen LogP contribution in [-0.4, -0.2) is 30.6 Å². The fourth-order valence-electron chi connectivity index (χ4n) is 3.83. The quantitative estimate of drug-likeness (QED) is 0.180. The molecule has 0 atom stereocenters. The molecule has 7 nitrogen and oxygen atoms in total. The fraction of sp³-hybridized carbons (Fsp3) is 0.391. The van der Waals surface area contributed by atoms with Gasteiger partial charge in [0.2, 0.25) is 5.82 Å². The second-order valence-electron chi connectivity index (χ2n) is 7.95. The van der Waals surface area contributed by atoms with Crippen LogP contribution in [0.15, 0.2) is 35.5 Å². The lowest BCUT2D eigenvalue weighted by atomic mass is 9.81. The zero-order chi connectivity index (χ0) is 24.0. The van der Waals surface area contributed by atoms with Gasteiger partial charge in [-0.1, -0.05) is 17.3 Å². The molecule has 0 aromatic heterocycles. The summed E-state index contributed by atoms with van der Waals surface area (Å²) in [7, 11) is 1.51. The summed E-state index contributed by atoms with van der Waals surface area (Å²) in [4.78, 5) is 12.4. The van der Waals surface area contributed by atoms with Gasteiger partial charge in [0.05, 0.1) is 12.7 Å². The number of oxime groups is 1. The summed E-state index contributed by atoms with van der Waals surface area (Å²) in [6, 6.07) is 7.23. The van der Waals surface area contributed by atoms with Gasteiger partial charge in [0.1, 0.15) is 18.2 Å². The molecule has 1 amide bonds. The van der Waals surface area contributed by atoms with Gasteiger partial charge < -0.3 is 25.7 Å². The molecular formula is C23H26F3N3O4. The Hall–Kier alpha value is -3.43. The zero-order valence-corrected chi connectivity index (χ0v) is 18.1. The van der Waals surface area contributed by atoms with Crippen molar-refractivity contribution >= 4 is 11.7 Å². The molecule has 0 radical (unpaired) electrons. The van der Waals surface area contributed by atoms with Crippen LogP contribution in [0, 0.1) is 29.3 Å². The average molecular weight is 465 g/mol. The molecule has 0 heterocycles. The predicted octanol–water partition coefficient (Wildman–Crippen LogP) is 3.97. The van der Waals surface area contributed by atoms with Crippen LogP contribution in [0.25, 0.3) is 0 Å². The Morgan fingerprint density at radius 1 is 1.15 bits per heavy atom. The van der Waals surface area contributed by atoms with Gasteiger partial charge in [-0.05, 0) is 55.4 Å². The number of hydrogen-bond donors (Lipinski definition) is 3. The molecule has 2 aromatic carbocycles. The van der Waals surface area contributed by atoms with Gasteiger partial charge in [-0.2, -0.15) is 4.39 Å². The Kier molecular flexibility index (Phi) is 8.02. The van der Waals surface area contributed by atoms with Crippen LogP contribution in [0.1, 0.15) is 41.6 Å². The molecule has 3 rings (SSSR count). The largest absolute Gasteiger partial charge is 0.497 e. The molecule has 1 saturated carbocycles.